The lowest BCUT2D eigenvalue weighted by atomic mass is 10.2. The van der Waals surface area contributed by atoms with Crippen LogP contribution in [0.1, 0.15) is 42.0 Å². The molecule has 2 aromatic rings. The topological polar surface area (TPSA) is 65.5 Å². The minimum Gasteiger partial charge on any atom is -0.352 e. The summed E-state index contributed by atoms with van der Waals surface area (Å²) in [5.41, 5.74) is 1.92. The average Bonchev–Trinajstić information content (AvgIpc) is 3.10. The summed E-state index contributed by atoms with van der Waals surface area (Å²) in [7, 11) is 1.77. The Morgan fingerprint density at radius 2 is 1.81 bits per heavy atom. The third-order valence-corrected chi connectivity index (χ3v) is 5.10. The summed E-state index contributed by atoms with van der Waals surface area (Å²) in [6, 6.07) is 12.2. The number of halogens is 1. The molecule has 0 unspecified atom stereocenters. The number of hydrogen-bond acceptors (Lipinski definition) is 3. The number of nitrogens with one attached hydrogen (secondary N) is 3. The van der Waals surface area contributed by atoms with Gasteiger partial charge in [-0.3, -0.25) is 9.79 Å². The molecule has 0 aliphatic heterocycles. The first-order chi connectivity index (χ1) is 12.6. The molecular formula is C20H29IN4OS. The van der Waals surface area contributed by atoms with Crippen LogP contribution >= 0.6 is 35.3 Å². The van der Waals surface area contributed by atoms with Gasteiger partial charge in [-0.2, -0.15) is 0 Å². The number of nitrogens with zero attached hydrogens (tertiary/aromatic N) is 1. The summed E-state index contributed by atoms with van der Waals surface area (Å²) in [5, 5.41) is 9.58. The number of aliphatic imine (C=N–C) groups is 1. The molecule has 0 aliphatic carbocycles. The highest BCUT2D eigenvalue weighted by atomic mass is 127. The van der Waals surface area contributed by atoms with E-state index in [1.165, 1.54) is 9.75 Å². The van der Waals surface area contributed by atoms with E-state index in [0.29, 0.717) is 13.0 Å². The van der Waals surface area contributed by atoms with Gasteiger partial charge in [-0.25, -0.2) is 0 Å². The second-order valence-electron chi connectivity index (χ2n) is 6.00. The highest BCUT2D eigenvalue weighted by Crippen LogP contribution is 2.16. The Labute approximate surface area is 183 Å². The normalized spacial score (nSPS) is 10.9. The molecule has 0 aliphatic rings. The first-order valence-electron chi connectivity index (χ1n) is 9.05. The van der Waals surface area contributed by atoms with Crippen LogP contribution in [-0.2, 0) is 24.3 Å². The SMILES string of the molecule is CCCC(=O)Nc1cccc(CNC(=NC)NCc2ccc(CC)s2)c1.I. The maximum atomic E-state index is 11.7. The van der Waals surface area contributed by atoms with Gasteiger partial charge in [0.25, 0.3) is 0 Å². The first kappa shape index (κ1) is 23.4. The maximum Gasteiger partial charge on any atom is 0.224 e. The lowest BCUT2D eigenvalue weighted by molar-refractivity contribution is -0.116. The number of guanidine groups is 1. The number of thiophene rings is 1. The van der Waals surface area contributed by atoms with E-state index in [2.05, 4.69) is 40.0 Å². The Bertz CT molecular complexity index is 745. The Morgan fingerprint density at radius 3 is 2.48 bits per heavy atom. The standard InChI is InChI=1S/C20H28N4OS.HI/c1-4-7-19(25)24-16-9-6-8-15(12-16)13-22-20(21-3)23-14-18-11-10-17(5-2)26-18;/h6,8-12H,4-5,7,13-14H2,1-3H3,(H,24,25)(H2,21,22,23);1H. The number of aryl methyl sites for hydroxylation is 1. The molecule has 27 heavy (non-hydrogen) atoms. The van der Waals surface area contributed by atoms with Gasteiger partial charge in [0, 0.05) is 35.5 Å². The summed E-state index contributed by atoms with van der Waals surface area (Å²) in [6.07, 6.45) is 2.46. The molecule has 0 spiro atoms. The molecule has 0 atom stereocenters. The molecule has 0 bridgehead atoms. The molecule has 1 aromatic heterocycles. The lowest BCUT2D eigenvalue weighted by Gasteiger charge is -2.12. The van der Waals surface area contributed by atoms with Crippen molar-refractivity contribution >= 4 is 52.9 Å². The third-order valence-electron chi connectivity index (χ3n) is 3.87. The van der Waals surface area contributed by atoms with Crippen LogP contribution in [0.15, 0.2) is 41.4 Å². The van der Waals surface area contributed by atoms with Gasteiger partial charge in [0.05, 0.1) is 6.54 Å². The third kappa shape index (κ3) is 8.30. The molecule has 0 saturated heterocycles. The minimum absolute atomic E-state index is 0. The summed E-state index contributed by atoms with van der Waals surface area (Å²) >= 11 is 1.83. The number of amides is 1. The zero-order valence-electron chi connectivity index (χ0n) is 16.2. The molecule has 148 valence electrons. The van der Waals surface area contributed by atoms with Crippen LogP contribution in [0.2, 0.25) is 0 Å². The van der Waals surface area contributed by atoms with Crippen molar-refractivity contribution in [2.75, 3.05) is 12.4 Å². The summed E-state index contributed by atoms with van der Waals surface area (Å²) in [5.74, 6) is 0.814. The van der Waals surface area contributed by atoms with Crippen LogP contribution in [0.3, 0.4) is 0 Å². The monoisotopic (exact) mass is 500 g/mol. The van der Waals surface area contributed by atoms with E-state index in [9.17, 15) is 4.79 Å². The van der Waals surface area contributed by atoms with E-state index in [0.717, 1.165) is 36.6 Å². The molecule has 5 nitrogen and oxygen atoms in total. The molecule has 1 aromatic carbocycles. The molecule has 0 fully saturated rings. The zero-order chi connectivity index (χ0) is 18.8. The van der Waals surface area contributed by atoms with Gasteiger partial charge in [0.2, 0.25) is 5.91 Å². The van der Waals surface area contributed by atoms with Crippen LogP contribution in [0.4, 0.5) is 5.69 Å². The largest absolute Gasteiger partial charge is 0.352 e. The second-order valence-corrected chi connectivity index (χ2v) is 7.25. The summed E-state index contributed by atoms with van der Waals surface area (Å²) < 4.78 is 0. The predicted molar refractivity (Wildman–Crippen MR) is 126 cm³/mol. The first-order valence-corrected chi connectivity index (χ1v) is 9.87. The van der Waals surface area contributed by atoms with Crippen molar-refractivity contribution in [2.24, 2.45) is 4.99 Å². The Balaban J connectivity index is 0.00000364. The number of carbonyl (C=O) groups is 1. The van der Waals surface area contributed by atoms with Crippen molar-refractivity contribution in [2.45, 2.75) is 46.2 Å². The molecule has 3 N–H and O–H groups in total. The zero-order valence-corrected chi connectivity index (χ0v) is 19.3. The van der Waals surface area contributed by atoms with Crippen molar-refractivity contribution in [3.8, 4) is 0 Å². The van der Waals surface area contributed by atoms with Crippen molar-refractivity contribution in [1.82, 2.24) is 10.6 Å². The summed E-state index contributed by atoms with van der Waals surface area (Å²) in [6.45, 7) is 5.57. The molecule has 0 radical (unpaired) electrons. The second kappa shape index (κ2) is 12.7. The van der Waals surface area contributed by atoms with Gasteiger partial charge < -0.3 is 16.0 Å². The number of anilines is 1. The van der Waals surface area contributed by atoms with Crippen LogP contribution in [0, 0.1) is 0 Å². The predicted octanol–water partition coefficient (Wildman–Crippen LogP) is 4.53. The smallest absolute Gasteiger partial charge is 0.224 e. The fourth-order valence-corrected chi connectivity index (χ4v) is 3.39. The van der Waals surface area contributed by atoms with Crippen molar-refractivity contribution in [3.63, 3.8) is 0 Å². The van der Waals surface area contributed by atoms with Crippen LogP contribution in [0.5, 0.6) is 0 Å². The van der Waals surface area contributed by atoms with E-state index in [-0.39, 0.29) is 29.9 Å². The van der Waals surface area contributed by atoms with Crippen LogP contribution in [-0.4, -0.2) is 18.9 Å². The van der Waals surface area contributed by atoms with Crippen molar-refractivity contribution in [3.05, 3.63) is 51.7 Å². The van der Waals surface area contributed by atoms with E-state index in [4.69, 9.17) is 0 Å². The highest BCUT2D eigenvalue weighted by molar-refractivity contribution is 14.0. The number of benzene rings is 1. The fraction of sp³-hybridized carbons (Fsp3) is 0.400. The molecular weight excluding hydrogens is 471 g/mol. The molecule has 1 amide bonds. The Kier molecular flexibility index (Phi) is 11.0. The van der Waals surface area contributed by atoms with E-state index in [1.807, 2.05) is 42.5 Å². The average molecular weight is 500 g/mol. The van der Waals surface area contributed by atoms with Crippen LogP contribution < -0.4 is 16.0 Å². The molecule has 2 rings (SSSR count). The van der Waals surface area contributed by atoms with Gasteiger partial charge >= 0.3 is 0 Å². The maximum absolute atomic E-state index is 11.7. The molecule has 1 heterocycles. The van der Waals surface area contributed by atoms with Gasteiger partial charge in [-0.15, -0.1) is 35.3 Å². The van der Waals surface area contributed by atoms with Crippen molar-refractivity contribution in [1.29, 1.82) is 0 Å². The molecule has 0 saturated carbocycles. The van der Waals surface area contributed by atoms with Gasteiger partial charge in [0.15, 0.2) is 5.96 Å². The van der Waals surface area contributed by atoms with Gasteiger partial charge in [-0.1, -0.05) is 26.0 Å². The van der Waals surface area contributed by atoms with E-state index in [1.54, 1.807) is 7.05 Å². The summed E-state index contributed by atoms with van der Waals surface area (Å²) in [4.78, 5) is 18.7. The number of hydrogen-bond donors (Lipinski definition) is 3. The Hall–Kier alpha value is -1.61. The lowest BCUT2D eigenvalue weighted by Crippen LogP contribution is -2.36. The van der Waals surface area contributed by atoms with Gasteiger partial charge in [0.1, 0.15) is 0 Å². The number of rotatable bonds is 8. The number of carbonyl (C=O) groups excluding carboxylic acids is 1. The fourth-order valence-electron chi connectivity index (χ4n) is 2.49. The van der Waals surface area contributed by atoms with Crippen LogP contribution in [0.25, 0.3) is 0 Å². The van der Waals surface area contributed by atoms with Crippen molar-refractivity contribution < 1.29 is 4.79 Å². The van der Waals surface area contributed by atoms with E-state index < -0.39 is 0 Å². The minimum atomic E-state index is 0. The molecule has 7 heteroatoms. The highest BCUT2D eigenvalue weighted by Gasteiger charge is 2.04. The van der Waals surface area contributed by atoms with E-state index >= 15 is 0 Å². The Morgan fingerprint density at radius 1 is 1.07 bits per heavy atom. The quantitative estimate of drug-likeness (QED) is 0.284. The van der Waals surface area contributed by atoms with Gasteiger partial charge in [-0.05, 0) is 42.7 Å².